The number of rotatable bonds is 3. The standard InChI is InChI=1S/C34H21N3S/c1-2-14-26(32-33-27(19-21-35-32)25-13-5-8-18-31(25)38-33)22(10-1)28-15-9-20-36-34(28)37-29-16-6-3-11-23(29)24-12-4-7-17-30(24)37/h1-21H. The molecule has 8 rings (SSSR count). The van der Waals surface area contributed by atoms with Gasteiger partial charge < -0.3 is 0 Å². The van der Waals surface area contributed by atoms with E-state index in [9.17, 15) is 0 Å². The van der Waals surface area contributed by atoms with Gasteiger partial charge in [-0.05, 0) is 42.0 Å². The van der Waals surface area contributed by atoms with E-state index in [1.54, 1.807) is 0 Å². The number of para-hydroxylation sites is 2. The number of pyridine rings is 2. The molecular formula is C34H21N3S. The second-order valence-corrected chi connectivity index (χ2v) is 10.5. The average molecular weight is 504 g/mol. The van der Waals surface area contributed by atoms with E-state index in [0.29, 0.717) is 0 Å². The molecule has 0 N–H and O–H groups in total. The zero-order valence-electron chi connectivity index (χ0n) is 20.4. The number of benzene rings is 4. The topological polar surface area (TPSA) is 30.7 Å². The molecule has 178 valence electrons. The highest BCUT2D eigenvalue weighted by Crippen LogP contribution is 2.43. The molecule has 0 radical (unpaired) electrons. The Morgan fingerprint density at radius 3 is 1.89 bits per heavy atom. The zero-order chi connectivity index (χ0) is 25.1. The van der Waals surface area contributed by atoms with Gasteiger partial charge in [0.25, 0.3) is 0 Å². The summed E-state index contributed by atoms with van der Waals surface area (Å²) < 4.78 is 4.79. The Morgan fingerprint density at radius 1 is 0.474 bits per heavy atom. The smallest absolute Gasteiger partial charge is 0.145 e. The van der Waals surface area contributed by atoms with Crippen molar-refractivity contribution in [3.63, 3.8) is 0 Å². The molecule has 0 spiro atoms. The summed E-state index contributed by atoms with van der Waals surface area (Å²) in [4.78, 5) is 9.91. The van der Waals surface area contributed by atoms with Crippen LogP contribution >= 0.6 is 11.3 Å². The van der Waals surface area contributed by atoms with Gasteiger partial charge in [0.2, 0.25) is 0 Å². The SMILES string of the molecule is c1ccc(-c2nccc3c2sc2ccccc23)c(-c2cccnc2-n2c3ccccc3c3ccccc32)c1. The van der Waals surface area contributed by atoms with Crippen LogP contribution in [0.2, 0.25) is 0 Å². The average Bonchev–Trinajstić information content (AvgIpc) is 3.53. The maximum Gasteiger partial charge on any atom is 0.145 e. The molecule has 4 heteroatoms. The van der Waals surface area contributed by atoms with Gasteiger partial charge in [-0.15, -0.1) is 11.3 Å². The number of nitrogens with zero attached hydrogens (tertiary/aromatic N) is 3. The van der Waals surface area contributed by atoms with Gasteiger partial charge >= 0.3 is 0 Å². The van der Waals surface area contributed by atoms with Crippen LogP contribution < -0.4 is 0 Å². The lowest BCUT2D eigenvalue weighted by atomic mass is 9.97. The first-order valence-corrected chi connectivity index (χ1v) is 13.5. The second kappa shape index (κ2) is 8.37. The van der Waals surface area contributed by atoms with Crippen LogP contribution in [0.3, 0.4) is 0 Å². The highest BCUT2D eigenvalue weighted by atomic mass is 32.1. The Morgan fingerprint density at radius 2 is 1.11 bits per heavy atom. The Bertz CT molecular complexity index is 2100. The van der Waals surface area contributed by atoms with Crippen LogP contribution in [0.25, 0.3) is 70.2 Å². The van der Waals surface area contributed by atoms with Crippen LogP contribution in [-0.4, -0.2) is 14.5 Å². The fraction of sp³-hybridized carbons (Fsp3) is 0. The van der Waals surface area contributed by atoms with Crippen molar-refractivity contribution in [2.75, 3.05) is 0 Å². The molecule has 0 amide bonds. The minimum Gasteiger partial charge on any atom is -0.293 e. The van der Waals surface area contributed by atoms with Gasteiger partial charge in [0, 0.05) is 49.8 Å². The molecule has 4 aromatic carbocycles. The number of aromatic nitrogens is 3. The monoisotopic (exact) mass is 503 g/mol. The molecule has 0 saturated heterocycles. The summed E-state index contributed by atoms with van der Waals surface area (Å²) in [6.45, 7) is 0. The normalized spacial score (nSPS) is 11.7. The van der Waals surface area contributed by atoms with E-state index < -0.39 is 0 Å². The molecule has 0 bridgehead atoms. The van der Waals surface area contributed by atoms with Crippen molar-refractivity contribution in [1.29, 1.82) is 0 Å². The predicted octanol–water partition coefficient (Wildman–Crippen LogP) is 9.28. The summed E-state index contributed by atoms with van der Waals surface area (Å²) in [5.41, 5.74) is 6.62. The van der Waals surface area contributed by atoms with Crippen LogP contribution in [0.15, 0.2) is 128 Å². The number of thiophene rings is 1. The molecule has 0 aliphatic carbocycles. The van der Waals surface area contributed by atoms with Gasteiger partial charge in [0.15, 0.2) is 0 Å². The first-order chi connectivity index (χ1) is 18.9. The molecule has 8 aromatic rings. The molecule has 0 unspecified atom stereocenters. The highest BCUT2D eigenvalue weighted by Gasteiger charge is 2.20. The van der Waals surface area contributed by atoms with Crippen LogP contribution in [-0.2, 0) is 0 Å². The van der Waals surface area contributed by atoms with Crippen molar-refractivity contribution < 1.29 is 0 Å². The third-order valence-electron chi connectivity index (χ3n) is 7.34. The van der Waals surface area contributed by atoms with Gasteiger partial charge in [-0.25, -0.2) is 4.98 Å². The van der Waals surface area contributed by atoms with Crippen molar-refractivity contribution in [2.45, 2.75) is 0 Å². The molecule has 0 fully saturated rings. The van der Waals surface area contributed by atoms with Crippen molar-refractivity contribution in [3.05, 3.63) is 128 Å². The summed E-state index contributed by atoms with van der Waals surface area (Å²) in [5.74, 6) is 0.917. The number of fused-ring (bicyclic) bond motifs is 6. The summed E-state index contributed by atoms with van der Waals surface area (Å²) in [7, 11) is 0. The van der Waals surface area contributed by atoms with E-state index >= 15 is 0 Å². The number of hydrogen-bond donors (Lipinski definition) is 0. The summed E-state index contributed by atoms with van der Waals surface area (Å²) in [6, 6.07) is 40.7. The lowest BCUT2D eigenvalue weighted by molar-refractivity contribution is 1.08. The molecule has 0 atom stereocenters. The van der Waals surface area contributed by atoms with E-state index in [-0.39, 0.29) is 0 Å². The predicted molar refractivity (Wildman–Crippen MR) is 160 cm³/mol. The Labute approximate surface area is 223 Å². The van der Waals surface area contributed by atoms with Crippen LogP contribution in [0.1, 0.15) is 0 Å². The quantitative estimate of drug-likeness (QED) is 0.240. The fourth-order valence-electron chi connectivity index (χ4n) is 5.70. The molecule has 4 heterocycles. The molecule has 38 heavy (non-hydrogen) atoms. The molecular weight excluding hydrogens is 482 g/mol. The maximum atomic E-state index is 4.97. The third kappa shape index (κ3) is 3.07. The zero-order valence-corrected chi connectivity index (χ0v) is 21.2. The van der Waals surface area contributed by atoms with Gasteiger partial charge in [-0.2, -0.15) is 0 Å². The summed E-state index contributed by atoms with van der Waals surface area (Å²) >= 11 is 1.81. The highest BCUT2D eigenvalue weighted by molar-refractivity contribution is 7.26. The van der Waals surface area contributed by atoms with E-state index in [1.807, 2.05) is 29.8 Å². The minimum absolute atomic E-state index is 0.917. The van der Waals surface area contributed by atoms with Crippen molar-refractivity contribution in [3.8, 4) is 28.2 Å². The first-order valence-electron chi connectivity index (χ1n) is 12.7. The minimum atomic E-state index is 0.917. The van der Waals surface area contributed by atoms with E-state index in [1.165, 1.54) is 30.9 Å². The van der Waals surface area contributed by atoms with Crippen LogP contribution in [0.5, 0.6) is 0 Å². The van der Waals surface area contributed by atoms with Crippen LogP contribution in [0.4, 0.5) is 0 Å². The van der Waals surface area contributed by atoms with E-state index in [4.69, 9.17) is 9.97 Å². The van der Waals surface area contributed by atoms with Gasteiger partial charge in [0.1, 0.15) is 5.82 Å². The molecule has 4 aromatic heterocycles. The number of hydrogen-bond acceptors (Lipinski definition) is 3. The Hall–Kier alpha value is -4.80. The summed E-state index contributed by atoms with van der Waals surface area (Å²) in [5, 5.41) is 4.98. The van der Waals surface area contributed by atoms with E-state index in [2.05, 4.69) is 114 Å². The molecule has 0 aliphatic rings. The largest absolute Gasteiger partial charge is 0.293 e. The van der Waals surface area contributed by atoms with Gasteiger partial charge in [-0.3, -0.25) is 9.55 Å². The van der Waals surface area contributed by atoms with Crippen molar-refractivity contribution >= 4 is 53.3 Å². The Kier molecular flexibility index (Phi) is 4.69. The second-order valence-electron chi connectivity index (χ2n) is 9.42. The first kappa shape index (κ1) is 21.3. The third-order valence-corrected chi connectivity index (χ3v) is 8.54. The van der Waals surface area contributed by atoms with Crippen molar-refractivity contribution in [1.82, 2.24) is 14.5 Å². The van der Waals surface area contributed by atoms with Crippen molar-refractivity contribution in [2.24, 2.45) is 0 Å². The Balaban J connectivity index is 1.43. The lowest BCUT2D eigenvalue weighted by Gasteiger charge is -2.15. The van der Waals surface area contributed by atoms with Crippen LogP contribution in [0, 0.1) is 0 Å². The van der Waals surface area contributed by atoms with Gasteiger partial charge in [0.05, 0.1) is 21.4 Å². The summed E-state index contributed by atoms with van der Waals surface area (Å²) in [6.07, 6.45) is 3.82. The molecule has 0 saturated carbocycles. The van der Waals surface area contributed by atoms with E-state index in [0.717, 1.165) is 39.2 Å². The van der Waals surface area contributed by atoms with Gasteiger partial charge in [-0.1, -0.05) is 78.9 Å². The lowest BCUT2D eigenvalue weighted by Crippen LogP contribution is -2.01. The molecule has 0 aliphatic heterocycles. The molecule has 3 nitrogen and oxygen atoms in total. The fourth-order valence-corrected chi connectivity index (χ4v) is 6.91. The maximum absolute atomic E-state index is 4.97.